The zero-order valence-electron chi connectivity index (χ0n) is 14.0. The highest BCUT2D eigenvalue weighted by Gasteiger charge is 2.32. The Hall–Kier alpha value is -2.00. The van der Waals surface area contributed by atoms with Gasteiger partial charge in [0.1, 0.15) is 24.3 Å². The molecule has 0 amide bonds. The van der Waals surface area contributed by atoms with Crippen molar-refractivity contribution in [3.05, 3.63) is 42.0 Å². The molecule has 3 atom stereocenters. The Morgan fingerprint density at radius 2 is 1.77 bits per heavy atom. The summed E-state index contributed by atoms with van der Waals surface area (Å²) in [5.41, 5.74) is -1.26. The van der Waals surface area contributed by atoms with Crippen molar-refractivity contribution in [3.8, 4) is 0 Å². The van der Waals surface area contributed by atoms with E-state index < -0.39 is 41.3 Å². The van der Waals surface area contributed by atoms with Gasteiger partial charge in [0.05, 0.1) is 5.56 Å². The number of halogens is 3. The van der Waals surface area contributed by atoms with E-state index in [0.717, 1.165) is 12.1 Å². The predicted molar refractivity (Wildman–Crippen MR) is 87.3 cm³/mol. The molecular weight excluding hydrogens is 373 g/mol. The molecule has 0 saturated carbocycles. The molecule has 1 aromatic carbocycles. The lowest BCUT2D eigenvalue weighted by atomic mass is 10.1. The molecule has 1 aliphatic heterocycles. The molecule has 1 unspecified atom stereocenters. The number of ether oxygens (including phenoxy) is 3. The van der Waals surface area contributed by atoms with Crippen molar-refractivity contribution >= 4 is 23.7 Å². The van der Waals surface area contributed by atoms with E-state index in [0.29, 0.717) is 4.90 Å². The fourth-order valence-electron chi connectivity index (χ4n) is 2.18. The highest BCUT2D eigenvalue weighted by Crippen LogP contribution is 2.33. The summed E-state index contributed by atoms with van der Waals surface area (Å²) in [5.74, 6) is -1.01. The standard InChI is InChI=1S/C17H17F3O5S/c1-10(21)23-9-15-14(24-11(2)22)7-8-16(25-15)26-13-5-3-12(4-6-13)17(18,19)20/h3-8,14-16H,9H2,1-2H3/t14-,15?,16+/m0/s1. The second-order valence-electron chi connectivity index (χ2n) is 5.44. The minimum absolute atomic E-state index is 0.109. The van der Waals surface area contributed by atoms with Crippen LogP contribution in [0.25, 0.3) is 0 Å². The van der Waals surface area contributed by atoms with Gasteiger partial charge in [-0.3, -0.25) is 9.59 Å². The van der Waals surface area contributed by atoms with Crippen LogP contribution in [0.2, 0.25) is 0 Å². The lowest BCUT2D eigenvalue weighted by Gasteiger charge is -2.31. The number of thioether (sulfide) groups is 1. The van der Waals surface area contributed by atoms with E-state index in [1.807, 2.05) is 0 Å². The number of hydrogen-bond acceptors (Lipinski definition) is 6. The average molecular weight is 390 g/mol. The first-order chi connectivity index (χ1) is 12.1. The van der Waals surface area contributed by atoms with Crippen LogP contribution in [0.5, 0.6) is 0 Å². The van der Waals surface area contributed by atoms with Crippen molar-refractivity contribution in [3.63, 3.8) is 0 Å². The maximum Gasteiger partial charge on any atom is 0.416 e. The molecule has 9 heteroatoms. The predicted octanol–water partition coefficient (Wildman–Crippen LogP) is 3.57. The van der Waals surface area contributed by atoms with Gasteiger partial charge in [0.2, 0.25) is 0 Å². The van der Waals surface area contributed by atoms with Gasteiger partial charge >= 0.3 is 18.1 Å². The second-order valence-corrected chi connectivity index (χ2v) is 6.62. The number of carbonyl (C=O) groups excluding carboxylic acids is 2. The van der Waals surface area contributed by atoms with Crippen LogP contribution in [0.15, 0.2) is 41.3 Å². The zero-order valence-corrected chi connectivity index (χ0v) is 14.8. The van der Waals surface area contributed by atoms with Gasteiger partial charge in [-0.1, -0.05) is 11.8 Å². The van der Waals surface area contributed by atoms with Crippen LogP contribution in [0.3, 0.4) is 0 Å². The third kappa shape index (κ3) is 6.06. The van der Waals surface area contributed by atoms with Crippen molar-refractivity contribution in [1.82, 2.24) is 0 Å². The first-order valence-electron chi connectivity index (χ1n) is 7.63. The smallest absolute Gasteiger partial charge is 0.416 e. The van der Waals surface area contributed by atoms with Crippen LogP contribution in [-0.4, -0.2) is 36.2 Å². The Bertz CT molecular complexity index is 672. The first-order valence-corrected chi connectivity index (χ1v) is 8.51. The number of carbonyl (C=O) groups is 2. The number of alkyl halides is 3. The molecule has 5 nitrogen and oxygen atoms in total. The minimum atomic E-state index is -4.39. The van der Waals surface area contributed by atoms with Crippen molar-refractivity contribution in [2.75, 3.05) is 6.61 Å². The Morgan fingerprint density at radius 3 is 2.31 bits per heavy atom. The maximum absolute atomic E-state index is 12.6. The molecular formula is C17H17F3O5S. The molecule has 0 aromatic heterocycles. The summed E-state index contributed by atoms with van der Waals surface area (Å²) in [6, 6.07) is 4.69. The largest absolute Gasteiger partial charge is 0.463 e. The second kappa shape index (κ2) is 8.59. The molecule has 26 heavy (non-hydrogen) atoms. The van der Waals surface area contributed by atoms with Crippen LogP contribution in [-0.2, 0) is 30.0 Å². The molecule has 0 bridgehead atoms. The molecule has 1 aliphatic rings. The van der Waals surface area contributed by atoms with Gasteiger partial charge in [-0.15, -0.1) is 0 Å². The first kappa shape index (κ1) is 20.3. The molecule has 0 saturated heterocycles. The van der Waals surface area contributed by atoms with E-state index in [9.17, 15) is 22.8 Å². The van der Waals surface area contributed by atoms with Gasteiger partial charge in [0.25, 0.3) is 0 Å². The van der Waals surface area contributed by atoms with Crippen molar-refractivity contribution in [1.29, 1.82) is 0 Å². The Balaban J connectivity index is 2.05. The summed E-state index contributed by atoms with van der Waals surface area (Å²) in [7, 11) is 0. The summed E-state index contributed by atoms with van der Waals surface area (Å²) in [6.45, 7) is 2.38. The summed E-state index contributed by atoms with van der Waals surface area (Å²) >= 11 is 1.19. The van der Waals surface area contributed by atoms with Gasteiger partial charge in [-0.05, 0) is 36.4 Å². The maximum atomic E-state index is 12.6. The van der Waals surface area contributed by atoms with Crippen LogP contribution in [0, 0.1) is 0 Å². The molecule has 0 fully saturated rings. The monoisotopic (exact) mass is 390 g/mol. The zero-order chi connectivity index (χ0) is 19.3. The molecule has 142 valence electrons. The Labute approximate surface area is 152 Å². The number of benzene rings is 1. The third-order valence-electron chi connectivity index (χ3n) is 3.32. The van der Waals surface area contributed by atoms with Gasteiger partial charge in [-0.25, -0.2) is 0 Å². The fraction of sp³-hybridized carbons (Fsp3) is 0.412. The van der Waals surface area contributed by atoms with E-state index in [-0.39, 0.29) is 6.61 Å². The summed E-state index contributed by atoms with van der Waals surface area (Å²) in [4.78, 5) is 22.7. The molecule has 0 N–H and O–H groups in total. The van der Waals surface area contributed by atoms with Crippen molar-refractivity contribution in [2.45, 2.75) is 42.6 Å². The Morgan fingerprint density at radius 1 is 1.12 bits per heavy atom. The van der Waals surface area contributed by atoms with Crippen LogP contribution in [0.1, 0.15) is 19.4 Å². The van der Waals surface area contributed by atoms with Gasteiger partial charge < -0.3 is 14.2 Å². The van der Waals surface area contributed by atoms with E-state index >= 15 is 0 Å². The van der Waals surface area contributed by atoms with Gasteiger partial charge in [0, 0.05) is 18.7 Å². The van der Waals surface area contributed by atoms with Crippen LogP contribution >= 0.6 is 11.8 Å². The quantitative estimate of drug-likeness (QED) is 0.566. The molecule has 0 aliphatic carbocycles. The summed E-state index contributed by atoms with van der Waals surface area (Å²) < 4.78 is 53.6. The Kier molecular flexibility index (Phi) is 6.71. The topological polar surface area (TPSA) is 61.8 Å². The van der Waals surface area contributed by atoms with Crippen LogP contribution in [0.4, 0.5) is 13.2 Å². The summed E-state index contributed by atoms with van der Waals surface area (Å²) in [6.07, 6.45) is -2.56. The fourth-order valence-corrected chi connectivity index (χ4v) is 3.11. The molecule has 0 spiro atoms. The lowest BCUT2D eigenvalue weighted by Crippen LogP contribution is -2.40. The van der Waals surface area contributed by atoms with Gasteiger partial charge in [-0.2, -0.15) is 13.2 Å². The number of esters is 2. The van der Waals surface area contributed by atoms with E-state index in [1.165, 1.54) is 37.7 Å². The van der Waals surface area contributed by atoms with E-state index in [1.54, 1.807) is 12.2 Å². The number of hydrogen-bond donors (Lipinski definition) is 0. The SMILES string of the molecule is CC(=O)OCC1O[C@H](Sc2ccc(C(F)(F)F)cc2)C=C[C@@H]1OC(C)=O. The third-order valence-corrected chi connectivity index (χ3v) is 4.36. The molecule has 1 heterocycles. The number of rotatable bonds is 5. The highest BCUT2D eigenvalue weighted by molar-refractivity contribution is 8.00. The normalized spacial score (nSPS) is 22.7. The van der Waals surface area contributed by atoms with E-state index in [4.69, 9.17) is 14.2 Å². The summed E-state index contributed by atoms with van der Waals surface area (Å²) in [5, 5.41) is 0. The van der Waals surface area contributed by atoms with Gasteiger partial charge in [0.15, 0.2) is 0 Å². The lowest BCUT2D eigenvalue weighted by molar-refractivity contribution is -0.160. The van der Waals surface area contributed by atoms with Crippen LogP contribution < -0.4 is 0 Å². The van der Waals surface area contributed by atoms with Crippen molar-refractivity contribution in [2.24, 2.45) is 0 Å². The molecule has 2 rings (SSSR count). The van der Waals surface area contributed by atoms with Crippen molar-refractivity contribution < 1.29 is 37.0 Å². The molecule has 1 aromatic rings. The van der Waals surface area contributed by atoms with E-state index in [2.05, 4.69) is 0 Å². The average Bonchev–Trinajstić information content (AvgIpc) is 2.54. The molecule has 0 radical (unpaired) electrons. The minimum Gasteiger partial charge on any atom is -0.463 e. The highest BCUT2D eigenvalue weighted by atomic mass is 32.2.